The molecule has 0 spiro atoms. The van der Waals surface area contributed by atoms with E-state index in [0.717, 1.165) is 0 Å². The van der Waals surface area contributed by atoms with Crippen LogP contribution >= 0.6 is 0 Å². The van der Waals surface area contributed by atoms with Crippen molar-refractivity contribution < 1.29 is 9.59 Å². The van der Waals surface area contributed by atoms with Gasteiger partial charge in [-0.3, -0.25) is 4.79 Å². The molecule has 0 aromatic rings. The molecule has 1 unspecified atom stereocenters. The van der Waals surface area contributed by atoms with E-state index in [1.807, 2.05) is 13.8 Å². The predicted molar refractivity (Wildman–Crippen MR) is 52.8 cm³/mol. The van der Waals surface area contributed by atoms with Crippen molar-refractivity contribution in [2.45, 2.75) is 32.9 Å². The van der Waals surface area contributed by atoms with Crippen molar-refractivity contribution in [3.8, 4) is 0 Å². The van der Waals surface area contributed by atoms with Gasteiger partial charge in [-0.2, -0.15) is 0 Å². The van der Waals surface area contributed by atoms with Gasteiger partial charge in [0.15, 0.2) is 0 Å². The summed E-state index contributed by atoms with van der Waals surface area (Å²) in [6.45, 7) is 6.63. The fraction of sp³-hybridized carbons (Fsp3) is 0.778. The number of carbonyl (C=O) groups is 2. The van der Waals surface area contributed by atoms with Crippen molar-refractivity contribution in [3.05, 3.63) is 0 Å². The minimum Gasteiger partial charge on any atom is -0.353 e. The van der Waals surface area contributed by atoms with Crippen molar-refractivity contribution in [2.75, 3.05) is 13.1 Å². The summed E-state index contributed by atoms with van der Waals surface area (Å²) in [6.07, 6.45) is 0. The molecule has 1 aliphatic rings. The highest BCUT2D eigenvalue weighted by molar-refractivity contribution is 5.87. The lowest BCUT2D eigenvalue weighted by Gasteiger charge is -2.33. The maximum absolute atomic E-state index is 11.6. The normalized spacial score (nSPS) is 22.1. The average molecular weight is 199 g/mol. The first-order chi connectivity index (χ1) is 6.52. The second-order valence-electron chi connectivity index (χ2n) is 3.76. The van der Waals surface area contributed by atoms with Crippen LogP contribution in [0.3, 0.4) is 0 Å². The minimum absolute atomic E-state index is 0.0878. The zero-order chi connectivity index (χ0) is 10.7. The van der Waals surface area contributed by atoms with Crippen LogP contribution < -0.4 is 10.6 Å². The summed E-state index contributed by atoms with van der Waals surface area (Å²) in [5.74, 6) is -0.0878. The lowest BCUT2D eigenvalue weighted by molar-refractivity contribution is -0.126. The summed E-state index contributed by atoms with van der Waals surface area (Å²) in [5, 5.41) is 5.48. The van der Waals surface area contributed by atoms with Gasteiger partial charge in [-0.05, 0) is 20.8 Å². The van der Waals surface area contributed by atoms with Gasteiger partial charge in [0.25, 0.3) is 0 Å². The molecular formula is C9H17N3O2. The maximum atomic E-state index is 11.6. The summed E-state index contributed by atoms with van der Waals surface area (Å²) in [6, 6.07) is -0.440. The van der Waals surface area contributed by atoms with Crippen LogP contribution in [-0.2, 0) is 4.79 Å². The van der Waals surface area contributed by atoms with Crippen molar-refractivity contribution in [3.63, 3.8) is 0 Å². The largest absolute Gasteiger partial charge is 0.353 e. The zero-order valence-electron chi connectivity index (χ0n) is 8.83. The number of hydrogen-bond acceptors (Lipinski definition) is 2. The highest BCUT2D eigenvalue weighted by Gasteiger charge is 2.29. The van der Waals surface area contributed by atoms with Crippen molar-refractivity contribution >= 4 is 11.9 Å². The van der Waals surface area contributed by atoms with Gasteiger partial charge in [0, 0.05) is 19.1 Å². The van der Waals surface area contributed by atoms with Gasteiger partial charge < -0.3 is 15.5 Å². The second kappa shape index (κ2) is 4.30. The minimum atomic E-state index is -0.373. The number of amides is 3. The number of hydrogen-bond donors (Lipinski definition) is 2. The Morgan fingerprint density at radius 1 is 1.64 bits per heavy atom. The van der Waals surface area contributed by atoms with E-state index in [2.05, 4.69) is 10.6 Å². The first kappa shape index (κ1) is 10.8. The third kappa shape index (κ3) is 2.37. The molecular weight excluding hydrogens is 182 g/mol. The second-order valence-corrected chi connectivity index (χ2v) is 3.76. The molecule has 0 radical (unpaired) electrons. The molecule has 0 aromatic carbocycles. The van der Waals surface area contributed by atoms with Crippen LogP contribution in [0.1, 0.15) is 20.8 Å². The van der Waals surface area contributed by atoms with Gasteiger partial charge in [0.2, 0.25) is 5.91 Å². The molecule has 0 aliphatic carbocycles. The SMILES string of the molecule is CC(C)NC(=O)N1CCNC(=O)C1C. The fourth-order valence-electron chi connectivity index (χ4n) is 1.39. The molecule has 3 amide bonds. The standard InChI is InChI=1S/C9H17N3O2/c1-6(2)11-9(14)12-5-4-10-8(13)7(12)3/h6-7H,4-5H2,1-3H3,(H,10,13)(H,11,14). The van der Waals surface area contributed by atoms with E-state index >= 15 is 0 Å². The van der Waals surface area contributed by atoms with Gasteiger partial charge in [0.05, 0.1) is 0 Å². The van der Waals surface area contributed by atoms with Crippen molar-refractivity contribution in [2.24, 2.45) is 0 Å². The lowest BCUT2D eigenvalue weighted by Crippen LogP contribution is -2.58. The molecule has 0 saturated carbocycles. The molecule has 1 rings (SSSR count). The highest BCUT2D eigenvalue weighted by atomic mass is 16.2. The van der Waals surface area contributed by atoms with Crippen LogP contribution in [0.5, 0.6) is 0 Å². The summed E-state index contributed by atoms with van der Waals surface area (Å²) < 4.78 is 0. The van der Waals surface area contributed by atoms with Crippen LogP contribution in [0.2, 0.25) is 0 Å². The Hall–Kier alpha value is -1.26. The number of urea groups is 1. The summed E-state index contributed by atoms with van der Waals surface area (Å²) >= 11 is 0. The Morgan fingerprint density at radius 2 is 2.29 bits per heavy atom. The molecule has 5 heteroatoms. The Labute approximate surface area is 83.8 Å². The molecule has 0 aromatic heterocycles. The molecule has 1 aliphatic heterocycles. The zero-order valence-corrected chi connectivity index (χ0v) is 8.83. The Morgan fingerprint density at radius 3 is 2.86 bits per heavy atom. The smallest absolute Gasteiger partial charge is 0.318 e. The maximum Gasteiger partial charge on any atom is 0.318 e. The number of nitrogens with one attached hydrogen (secondary N) is 2. The fourth-order valence-corrected chi connectivity index (χ4v) is 1.39. The summed E-state index contributed by atoms with van der Waals surface area (Å²) in [7, 11) is 0. The number of piperazine rings is 1. The van der Waals surface area contributed by atoms with Crippen LogP contribution in [0.4, 0.5) is 4.79 Å². The quantitative estimate of drug-likeness (QED) is 0.620. The van der Waals surface area contributed by atoms with Crippen LogP contribution in [-0.4, -0.2) is 42.0 Å². The van der Waals surface area contributed by atoms with Crippen molar-refractivity contribution in [1.29, 1.82) is 0 Å². The number of rotatable bonds is 1. The predicted octanol–water partition coefficient (Wildman–Crippen LogP) is -0.0753. The first-order valence-corrected chi connectivity index (χ1v) is 4.87. The highest BCUT2D eigenvalue weighted by Crippen LogP contribution is 2.04. The molecule has 80 valence electrons. The monoisotopic (exact) mass is 199 g/mol. The third-order valence-corrected chi connectivity index (χ3v) is 2.17. The van der Waals surface area contributed by atoms with Crippen LogP contribution in [0.25, 0.3) is 0 Å². The van der Waals surface area contributed by atoms with Crippen molar-refractivity contribution in [1.82, 2.24) is 15.5 Å². The molecule has 1 heterocycles. The van der Waals surface area contributed by atoms with E-state index in [1.54, 1.807) is 11.8 Å². The molecule has 1 saturated heterocycles. The van der Waals surface area contributed by atoms with E-state index in [0.29, 0.717) is 13.1 Å². The van der Waals surface area contributed by atoms with E-state index < -0.39 is 0 Å². The Kier molecular flexibility index (Phi) is 3.33. The van der Waals surface area contributed by atoms with E-state index in [4.69, 9.17) is 0 Å². The number of nitrogens with zero attached hydrogens (tertiary/aromatic N) is 1. The van der Waals surface area contributed by atoms with Gasteiger partial charge >= 0.3 is 6.03 Å². The Bertz CT molecular complexity index is 240. The molecule has 2 N–H and O–H groups in total. The Balaban J connectivity index is 2.57. The summed E-state index contributed by atoms with van der Waals surface area (Å²) in [4.78, 5) is 24.4. The average Bonchev–Trinajstić information content (AvgIpc) is 2.08. The first-order valence-electron chi connectivity index (χ1n) is 4.87. The van der Waals surface area contributed by atoms with Gasteiger partial charge in [0.1, 0.15) is 6.04 Å². The summed E-state index contributed by atoms with van der Waals surface area (Å²) in [5.41, 5.74) is 0. The van der Waals surface area contributed by atoms with Gasteiger partial charge in [-0.25, -0.2) is 4.79 Å². The molecule has 1 fully saturated rings. The van der Waals surface area contributed by atoms with E-state index in [1.165, 1.54) is 0 Å². The number of carbonyl (C=O) groups excluding carboxylic acids is 2. The molecule has 0 bridgehead atoms. The third-order valence-electron chi connectivity index (χ3n) is 2.17. The van der Waals surface area contributed by atoms with Crippen LogP contribution in [0.15, 0.2) is 0 Å². The molecule has 5 nitrogen and oxygen atoms in total. The molecule has 1 atom stereocenters. The van der Waals surface area contributed by atoms with Gasteiger partial charge in [-0.1, -0.05) is 0 Å². The lowest BCUT2D eigenvalue weighted by atomic mass is 10.2. The van der Waals surface area contributed by atoms with E-state index in [9.17, 15) is 9.59 Å². The molecule has 14 heavy (non-hydrogen) atoms. The van der Waals surface area contributed by atoms with Gasteiger partial charge in [-0.15, -0.1) is 0 Å². The van der Waals surface area contributed by atoms with E-state index in [-0.39, 0.29) is 24.0 Å². The topological polar surface area (TPSA) is 61.4 Å². The van der Waals surface area contributed by atoms with Crippen LogP contribution in [0, 0.1) is 0 Å².